The van der Waals surface area contributed by atoms with E-state index in [0.717, 1.165) is 23.4 Å². The summed E-state index contributed by atoms with van der Waals surface area (Å²) in [5.41, 5.74) is 2.57. The van der Waals surface area contributed by atoms with Crippen LogP contribution in [0.2, 0.25) is 0 Å². The van der Waals surface area contributed by atoms with Crippen LogP contribution >= 0.6 is 0 Å². The molecule has 0 radical (unpaired) electrons. The third-order valence-corrected chi connectivity index (χ3v) is 4.45. The van der Waals surface area contributed by atoms with Crippen LogP contribution in [0.25, 0.3) is 5.69 Å². The number of aromatic nitrogens is 4. The summed E-state index contributed by atoms with van der Waals surface area (Å²) in [6.45, 7) is 0.600. The molecule has 0 bridgehead atoms. The number of hydrogen-bond donors (Lipinski definition) is 0. The van der Waals surface area contributed by atoms with Gasteiger partial charge in [-0.1, -0.05) is 6.07 Å². The van der Waals surface area contributed by atoms with Gasteiger partial charge in [-0.3, -0.25) is 9.78 Å². The molecule has 3 aromatic heterocycles. The molecule has 1 aliphatic heterocycles. The molecule has 0 aliphatic carbocycles. The van der Waals surface area contributed by atoms with Gasteiger partial charge >= 0.3 is 0 Å². The van der Waals surface area contributed by atoms with Gasteiger partial charge in [-0.15, -0.1) is 0 Å². The van der Waals surface area contributed by atoms with Gasteiger partial charge in [0.1, 0.15) is 0 Å². The quantitative estimate of drug-likeness (QED) is 0.689. The summed E-state index contributed by atoms with van der Waals surface area (Å²) in [6, 6.07) is 6.75. The van der Waals surface area contributed by atoms with Gasteiger partial charge < -0.3 is 4.90 Å². The SMILES string of the molecule is O=C1CC(c2ccc(F)nc2)CCN1c1cnn(-c2ccncc2)c1. The smallest absolute Gasteiger partial charge is 0.227 e. The zero-order valence-electron chi connectivity index (χ0n) is 13.4. The summed E-state index contributed by atoms with van der Waals surface area (Å²) in [7, 11) is 0. The zero-order chi connectivity index (χ0) is 17.2. The number of rotatable bonds is 3. The molecule has 25 heavy (non-hydrogen) atoms. The Bertz CT molecular complexity index is 878. The minimum Gasteiger partial charge on any atom is -0.309 e. The second-order valence-corrected chi connectivity index (χ2v) is 6.00. The van der Waals surface area contributed by atoms with E-state index < -0.39 is 5.95 Å². The second-order valence-electron chi connectivity index (χ2n) is 6.00. The maximum Gasteiger partial charge on any atom is 0.227 e. The van der Waals surface area contributed by atoms with Crippen LogP contribution in [0, 0.1) is 5.95 Å². The Morgan fingerprint density at radius 2 is 1.92 bits per heavy atom. The molecule has 3 aromatic rings. The van der Waals surface area contributed by atoms with Crippen LogP contribution in [0.1, 0.15) is 24.3 Å². The Kier molecular flexibility index (Phi) is 3.97. The highest BCUT2D eigenvalue weighted by atomic mass is 19.1. The highest BCUT2D eigenvalue weighted by Gasteiger charge is 2.28. The van der Waals surface area contributed by atoms with Crippen LogP contribution in [0.15, 0.2) is 55.2 Å². The molecule has 1 amide bonds. The summed E-state index contributed by atoms with van der Waals surface area (Å²) in [5, 5.41) is 4.33. The van der Waals surface area contributed by atoms with Crippen LogP contribution in [-0.2, 0) is 4.79 Å². The fourth-order valence-corrected chi connectivity index (χ4v) is 3.11. The zero-order valence-corrected chi connectivity index (χ0v) is 13.4. The van der Waals surface area contributed by atoms with Gasteiger partial charge in [-0.25, -0.2) is 9.67 Å². The molecule has 1 fully saturated rings. The molecular formula is C18H16FN5O. The first-order valence-corrected chi connectivity index (χ1v) is 8.07. The molecule has 1 saturated heterocycles. The van der Waals surface area contributed by atoms with E-state index in [0.29, 0.717) is 13.0 Å². The predicted molar refractivity (Wildman–Crippen MR) is 89.9 cm³/mol. The first-order valence-electron chi connectivity index (χ1n) is 8.07. The molecular weight excluding hydrogens is 321 g/mol. The van der Waals surface area contributed by atoms with Crippen molar-refractivity contribution in [1.82, 2.24) is 19.7 Å². The van der Waals surface area contributed by atoms with E-state index in [4.69, 9.17) is 0 Å². The van der Waals surface area contributed by atoms with E-state index >= 15 is 0 Å². The van der Waals surface area contributed by atoms with E-state index in [1.165, 1.54) is 12.3 Å². The largest absolute Gasteiger partial charge is 0.309 e. The third-order valence-electron chi connectivity index (χ3n) is 4.45. The lowest BCUT2D eigenvalue weighted by Crippen LogP contribution is -2.38. The van der Waals surface area contributed by atoms with Gasteiger partial charge in [0.25, 0.3) is 0 Å². The minimum atomic E-state index is -0.504. The highest BCUT2D eigenvalue weighted by molar-refractivity contribution is 5.94. The van der Waals surface area contributed by atoms with Crippen molar-refractivity contribution in [1.29, 1.82) is 0 Å². The number of piperidine rings is 1. The van der Waals surface area contributed by atoms with Gasteiger partial charge in [0.05, 0.1) is 23.8 Å². The molecule has 126 valence electrons. The van der Waals surface area contributed by atoms with Crippen molar-refractivity contribution in [2.24, 2.45) is 0 Å². The normalized spacial score (nSPS) is 17.7. The molecule has 4 rings (SSSR count). The summed E-state index contributed by atoms with van der Waals surface area (Å²) in [4.78, 5) is 22.0. The average Bonchev–Trinajstić information content (AvgIpc) is 3.13. The maximum atomic E-state index is 13.0. The van der Waals surface area contributed by atoms with E-state index in [1.807, 2.05) is 18.3 Å². The number of amides is 1. The van der Waals surface area contributed by atoms with Crippen LogP contribution < -0.4 is 4.90 Å². The first-order chi connectivity index (χ1) is 12.2. The Morgan fingerprint density at radius 1 is 1.08 bits per heavy atom. The molecule has 1 unspecified atom stereocenters. The highest BCUT2D eigenvalue weighted by Crippen LogP contribution is 2.31. The number of hydrogen-bond acceptors (Lipinski definition) is 4. The van der Waals surface area contributed by atoms with Crippen LogP contribution in [0.4, 0.5) is 10.1 Å². The topological polar surface area (TPSA) is 63.9 Å². The number of anilines is 1. The fourth-order valence-electron chi connectivity index (χ4n) is 3.11. The van der Waals surface area contributed by atoms with E-state index in [1.54, 1.807) is 34.2 Å². The molecule has 0 aromatic carbocycles. The van der Waals surface area contributed by atoms with Gasteiger partial charge in [0, 0.05) is 31.6 Å². The second kappa shape index (κ2) is 6.43. The van der Waals surface area contributed by atoms with Gasteiger partial charge in [-0.05, 0) is 36.1 Å². The fraction of sp³-hybridized carbons (Fsp3) is 0.222. The third kappa shape index (κ3) is 3.13. The number of nitrogens with zero attached hydrogens (tertiary/aromatic N) is 5. The Hall–Kier alpha value is -3.09. The predicted octanol–water partition coefficient (Wildman–Crippen LogP) is 2.71. The van der Waals surface area contributed by atoms with Crippen molar-refractivity contribution in [2.45, 2.75) is 18.8 Å². The maximum absolute atomic E-state index is 13.0. The van der Waals surface area contributed by atoms with Crippen molar-refractivity contribution >= 4 is 11.6 Å². The molecule has 1 atom stereocenters. The first kappa shape index (κ1) is 15.4. The lowest BCUT2D eigenvalue weighted by Gasteiger charge is -2.30. The minimum absolute atomic E-state index is 0.0369. The Morgan fingerprint density at radius 3 is 2.64 bits per heavy atom. The Balaban J connectivity index is 1.49. The average molecular weight is 337 g/mol. The standard InChI is InChI=1S/C18H16FN5O/c19-17-2-1-14(10-21-17)13-5-8-23(18(25)9-13)16-11-22-24(12-16)15-3-6-20-7-4-15/h1-4,6-7,10-13H,5,8-9H2. The number of carbonyl (C=O) groups is 1. The molecule has 6 nitrogen and oxygen atoms in total. The molecule has 7 heteroatoms. The van der Waals surface area contributed by atoms with E-state index in [-0.39, 0.29) is 11.8 Å². The van der Waals surface area contributed by atoms with Crippen LogP contribution in [0.5, 0.6) is 0 Å². The van der Waals surface area contributed by atoms with Crippen molar-refractivity contribution < 1.29 is 9.18 Å². The van der Waals surface area contributed by atoms with Crippen molar-refractivity contribution in [3.63, 3.8) is 0 Å². The van der Waals surface area contributed by atoms with E-state index in [2.05, 4.69) is 15.1 Å². The van der Waals surface area contributed by atoms with Crippen LogP contribution in [0.3, 0.4) is 0 Å². The molecule has 0 saturated carbocycles. The van der Waals surface area contributed by atoms with Gasteiger partial charge in [0.2, 0.25) is 11.9 Å². The van der Waals surface area contributed by atoms with Crippen molar-refractivity contribution in [3.8, 4) is 5.69 Å². The molecule has 0 spiro atoms. The molecule has 1 aliphatic rings. The van der Waals surface area contributed by atoms with Gasteiger partial charge in [-0.2, -0.15) is 9.49 Å². The molecule has 0 N–H and O–H groups in total. The van der Waals surface area contributed by atoms with E-state index in [9.17, 15) is 9.18 Å². The lowest BCUT2D eigenvalue weighted by molar-refractivity contribution is -0.119. The number of halogens is 1. The van der Waals surface area contributed by atoms with Gasteiger partial charge in [0.15, 0.2) is 0 Å². The van der Waals surface area contributed by atoms with Crippen molar-refractivity contribution in [3.05, 3.63) is 66.8 Å². The summed E-state index contributed by atoms with van der Waals surface area (Å²) >= 11 is 0. The molecule has 4 heterocycles. The Labute approximate surface area is 143 Å². The monoisotopic (exact) mass is 337 g/mol. The summed E-state index contributed by atoms with van der Waals surface area (Å²) in [5.74, 6) is -0.391. The summed E-state index contributed by atoms with van der Waals surface area (Å²) in [6.07, 6.45) is 9.64. The lowest BCUT2D eigenvalue weighted by atomic mass is 9.90. The number of pyridine rings is 2. The van der Waals surface area contributed by atoms with Crippen molar-refractivity contribution in [2.75, 3.05) is 11.4 Å². The van der Waals surface area contributed by atoms with Crippen LogP contribution in [-0.4, -0.2) is 32.2 Å². The summed E-state index contributed by atoms with van der Waals surface area (Å²) < 4.78 is 14.7. The number of carbonyl (C=O) groups excluding carboxylic acids is 1.